The molecule has 3 heterocycles. The van der Waals surface area contributed by atoms with E-state index in [4.69, 9.17) is 15.0 Å². The molecule has 2 aliphatic heterocycles. The first-order chi connectivity index (χ1) is 16.2. The number of alkyl halides is 3. The smallest absolute Gasteiger partial charge is 0.475 e. The van der Waals surface area contributed by atoms with Crippen molar-refractivity contribution in [3.05, 3.63) is 42.0 Å². The van der Waals surface area contributed by atoms with Crippen LogP contribution in [0.1, 0.15) is 37.4 Å². The molecule has 1 aromatic heterocycles. The lowest BCUT2D eigenvalue weighted by Crippen LogP contribution is -2.48. The predicted octanol–water partition coefficient (Wildman–Crippen LogP) is 2.89. The number of carboxylic acids is 1. The number of aliphatic hydroxyl groups excluding tert-OH is 1. The molecule has 188 valence electrons. The fourth-order valence-electron chi connectivity index (χ4n) is 4.38. The number of likely N-dealkylation sites (tertiary alicyclic amines) is 1. The first-order valence-electron chi connectivity index (χ1n) is 11.2. The molecule has 2 aromatic rings. The molecule has 0 saturated carbocycles. The van der Waals surface area contributed by atoms with E-state index in [9.17, 15) is 17.6 Å². The second-order valence-corrected chi connectivity index (χ2v) is 8.43. The lowest BCUT2D eigenvalue weighted by atomic mass is 9.97. The lowest BCUT2D eigenvalue weighted by molar-refractivity contribution is -0.192. The molecule has 2 aliphatic rings. The molecule has 0 spiro atoms. The van der Waals surface area contributed by atoms with Gasteiger partial charge >= 0.3 is 12.1 Å². The molecule has 12 heteroatoms. The summed E-state index contributed by atoms with van der Waals surface area (Å²) in [6.45, 7) is 4.38. The number of aromatic nitrogens is 3. The van der Waals surface area contributed by atoms with Gasteiger partial charge in [-0.05, 0) is 49.9 Å². The number of rotatable bonds is 5. The van der Waals surface area contributed by atoms with Crippen molar-refractivity contribution in [2.75, 3.05) is 37.7 Å². The summed E-state index contributed by atoms with van der Waals surface area (Å²) in [5, 5.41) is 24.5. The van der Waals surface area contributed by atoms with Crippen LogP contribution in [0.25, 0.3) is 0 Å². The minimum absolute atomic E-state index is 0.119. The molecule has 1 aromatic carbocycles. The quantitative estimate of drug-likeness (QED) is 0.627. The molecule has 4 rings (SSSR count). The number of piperidine rings is 2. The van der Waals surface area contributed by atoms with Crippen molar-refractivity contribution in [1.29, 1.82) is 0 Å². The van der Waals surface area contributed by atoms with Gasteiger partial charge < -0.3 is 20.0 Å². The number of aliphatic carboxylic acids is 1. The summed E-state index contributed by atoms with van der Waals surface area (Å²) >= 11 is 0. The average Bonchev–Trinajstić information content (AvgIpc) is 3.29. The van der Waals surface area contributed by atoms with Gasteiger partial charge in [0.1, 0.15) is 5.82 Å². The van der Waals surface area contributed by atoms with Gasteiger partial charge in [0, 0.05) is 57.1 Å². The highest BCUT2D eigenvalue weighted by Gasteiger charge is 2.38. The number of aliphatic hydroxyl groups is 1. The molecule has 0 atom stereocenters. The molecule has 0 bridgehead atoms. The zero-order valence-corrected chi connectivity index (χ0v) is 18.7. The van der Waals surface area contributed by atoms with Gasteiger partial charge in [-0.3, -0.25) is 0 Å². The fraction of sp³-hybridized carbons (Fsp3) is 0.591. The summed E-state index contributed by atoms with van der Waals surface area (Å²) < 4.78 is 46.8. The fourth-order valence-corrected chi connectivity index (χ4v) is 4.38. The van der Waals surface area contributed by atoms with Gasteiger partial charge in [-0.15, -0.1) is 5.10 Å². The number of carbonyl (C=O) groups is 1. The Kier molecular flexibility index (Phi) is 8.84. The van der Waals surface area contributed by atoms with E-state index < -0.39 is 12.1 Å². The van der Waals surface area contributed by atoms with Crippen LogP contribution in [-0.2, 0) is 11.2 Å². The topological polar surface area (TPSA) is 94.7 Å². The Hall–Kier alpha value is -2.73. The van der Waals surface area contributed by atoms with Crippen LogP contribution in [0.4, 0.5) is 23.2 Å². The third-order valence-corrected chi connectivity index (χ3v) is 6.21. The van der Waals surface area contributed by atoms with Crippen LogP contribution >= 0.6 is 0 Å². The second-order valence-electron chi connectivity index (χ2n) is 8.43. The maximum absolute atomic E-state index is 13.1. The molecular weight excluding hydrogens is 458 g/mol. The molecule has 0 amide bonds. The first kappa shape index (κ1) is 25.9. The second kappa shape index (κ2) is 11.6. The maximum atomic E-state index is 13.1. The van der Waals surface area contributed by atoms with Crippen LogP contribution < -0.4 is 4.90 Å². The van der Waals surface area contributed by atoms with Gasteiger partial charge in [0.15, 0.2) is 0 Å². The zero-order chi connectivity index (χ0) is 24.7. The Morgan fingerprint density at radius 1 is 1.00 bits per heavy atom. The number of halogens is 4. The molecule has 34 heavy (non-hydrogen) atoms. The summed E-state index contributed by atoms with van der Waals surface area (Å²) in [5.74, 6) is -2.93. The SMILES string of the molecule is O=C(O)C(F)(F)F.OCCc1cn(C2CCN(C3CCN(c4ccc(F)cc4)CC3)CC2)nn1. The Morgan fingerprint density at radius 2 is 1.56 bits per heavy atom. The molecule has 2 fully saturated rings. The van der Waals surface area contributed by atoms with Crippen molar-refractivity contribution in [1.82, 2.24) is 19.9 Å². The molecular formula is C22H29F4N5O3. The van der Waals surface area contributed by atoms with Crippen molar-refractivity contribution in [3.63, 3.8) is 0 Å². The van der Waals surface area contributed by atoms with Crippen LogP contribution in [-0.4, -0.2) is 81.1 Å². The van der Waals surface area contributed by atoms with Crippen LogP contribution in [0.2, 0.25) is 0 Å². The van der Waals surface area contributed by atoms with Crippen molar-refractivity contribution in [2.45, 2.75) is 50.4 Å². The molecule has 0 unspecified atom stereocenters. The average molecular weight is 487 g/mol. The monoisotopic (exact) mass is 487 g/mol. The van der Waals surface area contributed by atoms with Gasteiger partial charge in [-0.1, -0.05) is 5.21 Å². The van der Waals surface area contributed by atoms with Crippen molar-refractivity contribution in [2.24, 2.45) is 0 Å². The number of hydrogen-bond donors (Lipinski definition) is 2. The number of benzene rings is 1. The molecule has 0 aliphatic carbocycles. The Morgan fingerprint density at radius 3 is 2.09 bits per heavy atom. The van der Waals surface area contributed by atoms with Crippen molar-refractivity contribution >= 4 is 11.7 Å². The summed E-state index contributed by atoms with van der Waals surface area (Å²) in [6.07, 6.45) is 1.99. The Labute approximate surface area is 194 Å². The van der Waals surface area contributed by atoms with Crippen molar-refractivity contribution in [3.8, 4) is 0 Å². The number of nitrogens with zero attached hydrogens (tertiary/aromatic N) is 5. The van der Waals surface area contributed by atoms with Gasteiger partial charge in [0.05, 0.1) is 11.7 Å². The highest BCUT2D eigenvalue weighted by molar-refractivity contribution is 5.73. The summed E-state index contributed by atoms with van der Waals surface area (Å²) in [5.41, 5.74) is 1.99. The largest absolute Gasteiger partial charge is 0.490 e. The normalized spacial score (nSPS) is 18.4. The summed E-state index contributed by atoms with van der Waals surface area (Å²) in [7, 11) is 0. The van der Waals surface area contributed by atoms with E-state index in [2.05, 4.69) is 20.1 Å². The van der Waals surface area contributed by atoms with Gasteiger partial charge in [0.25, 0.3) is 0 Å². The van der Waals surface area contributed by atoms with E-state index in [-0.39, 0.29) is 12.4 Å². The van der Waals surface area contributed by atoms with Crippen molar-refractivity contribution < 1.29 is 32.6 Å². The third-order valence-electron chi connectivity index (χ3n) is 6.21. The number of hydrogen-bond acceptors (Lipinski definition) is 6. The van der Waals surface area contributed by atoms with E-state index in [1.165, 1.54) is 0 Å². The molecule has 2 N–H and O–H groups in total. The molecule has 0 radical (unpaired) electrons. The maximum Gasteiger partial charge on any atom is 0.490 e. The van der Waals surface area contributed by atoms with E-state index in [0.717, 1.165) is 63.2 Å². The first-order valence-corrected chi connectivity index (χ1v) is 11.2. The summed E-state index contributed by atoms with van der Waals surface area (Å²) in [6, 6.07) is 7.91. The van der Waals surface area contributed by atoms with Gasteiger partial charge in [-0.25, -0.2) is 13.9 Å². The van der Waals surface area contributed by atoms with Gasteiger partial charge in [-0.2, -0.15) is 13.2 Å². The molecule has 8 nitrogen and oxygen atoms in total. The van der Waals surface area contributed by atoms with Crippen LogP contribution in [0.15, 0.2) is 30.5 Å². The Balaban J connectivity index is 0.000000406. The number of carboxylic acid groups (broad SMARTS) is 1. The molecule has 2 saturated heterocycles. The lowest BCUT2D eigenvalue weighted by Gasteiger charge is -2.42. The van der Waals surface area contributed by atoms with Gasteiger partial charge in [0.2, 0.25) is 0 Å². The van der Waals surface area contributed by atoms with E-state index in [1.807, 2.05) is 23.0 Å². The van der Waals surface area contributed by atoms with E-state index in [1.54, 1.807) is 12.1 Å². The Bertz CT molecular complexity index is 906. The predicted molar refractivity (Wildman–Crippen MR) is 116 cm³/mol. The van der Waals surface area contributed by atoms with E-state index in [0.29, 0.717) is 18.5 Å². The minimum atomic E-state index is -5.08. The highest BCUT2D eigenvalue weighted by Crippen LogP contribution is 2.28. The number of anilines is 1. The third kappa shape index (κ3) is 7.13. The zero-order valence-electron chi connectivity index (χ0n) is 18.7. The minimum Gasteiger partial charge on any atom is -0.475 e. The van der Waals surface area contributed by atoms with Crippen LogP contribution in [0, 0.1) is 5.82 Å². The highest BCUT2D eigenvalue weighted by atomic mass is 19.4. The summed E-state index contributed by atoms with van der Waals surface area (Å²) in [4.78, 5) is 13.9. The van der Waals surface area contributed by atoms with E-state index >= 15 is 0 Å². The standard InChI is InChI=1S/C20H28FN5O.C2HF3O2/c21-16-1-3-18(4-2-16)24-10-5-19(6-11-24)25-12-7-20(8-13-25)26-15-17(9-14-27)22-23-26;3-2(4,5)1(6)7/h1-4,15,19-20,27H,5-14H2;(H,6,7). The van der Waals surface area contributed by atoms with Crippen LogP contribution in [0.3, 0.4) is 0 Å². The van der Waals surface area contributed by atoms with Crippen LogP contribution in [0.5, 0.6) is 0 Å².